The van der Waals surface area contributed by atoms with Gasteiger partial charge in [-0.2, -0.15) is 0 Å². The number of benzene rings is 9. The van der Waals surface area contributed by atoms with E-state index in [0.717, 1.165) is 0 Å². The van der Waals surface area contributed by atoms with Gasteiger partial charge in [0.1, 0.15) is 0 Å². The lowest BCUT2D eigenvalue weighted by Crippen LogP contribution is -2.15. The summed E-state index contributed by atoms with van der Waals surface area (Å²) in [5.74, 6) is 0. The molecule has 9 aromatic carbocycles. The molecule has 0 nitrogen and oxygen atoms in total. The predicted octanol–water partition coefficient (Wildman–Crippen LogP) is 15.5. The maximum Gasteiger partial charge on any atom is 0.0159 e. The van der Waals surface area contributed by atoms with Gasteiger partial charge < -0.3 is 0 Å². The fourth-order valence-electron chi connectivity index (χ4n) is 8.95. The lowest BCUT2D eigenvalue weighted by atomic mass is 9.81. The molecule has 10 rings (SSSR count). The summed E-state index contributed by atoms with van der Waals surface area (Å²) in [6.45, 7) is 17.8. The highest BCUT2D eigenvalue weighted by Gasteiger charge is 2.35. The van der Waals surface area contributed by atoms with Crippen LogP contribution in [-0.4, -0.2) is 0 Å². The van der Waals surface area contributed by atoms with Crippen molar-refractivity contribution in [3.05, 3.63) is 202 Å². The first-order chi connectivity index (χ1) is 26.5. The maximum absolute atomic E-state index is 2.34. The predicted molar refractivity (Wildman–Crippen MR) is 241 cm³/mol. The average Bonchev–Trinajstić information content (AvgIpc) is 3.42. The van der Waals surface area contributed by atoms with Crippen molar-refractivity contribution in [1.82, 2.24) is 0 Å². The Kier molecular flexibility index (Phi) is 9.40. The Labute approximate surface area is 327 Å². The van der Waals surface area contributed by atoms with E-state index >= 15 is 0 Å². The molecule has 0 aliphatic heterocycles. The Morgan fingerprint density at radius 2 is 0.655 bits per heavy atom. The summed E-state index contributed by atoms with van der Waals surface area (Å²) in [4.78, 5) is 0. The second kappa shape index (κ2) is 14.3. The van der Waals surface area contributed by atoms with E-state index in [9.17, 15) is 0 Å². The third-order valence-corrected chi connectivity index (χ3v) is 12.0. The molecular weight excluding hydrogens is 661 g/mol. The van der Waals surface area contributed by atoms with E-state index in [1.54, 1.807) is 0 Å². The molecule has 0 saturated heterocycles. The van der Waals surface area contributed by atoms with Gasteiger partial charge in [-0.25, -0.2) is 0 Å². The fraction of sp³-hybridized carbons (Fsp3) is 0.164. The minimum atomic E-state index is 0.142. The molecule has 0 amide bonds. The minimum Gasteiger partial charge on any atom is -0.0616 e. The molecule has 55 heavy (non-hydrogen) atoms. The van der Waals surface area contributed by atoms with Crippen LogP contribution in [0.2, 0.25) is 0 Å². The molecule has 1 aliphatic rings. The van der Waals surface area contributed by atoms with Crippen molar-refractivity contribution in [3.63, 3.8) is 0 Å². The van der Waals surface area contributed by atoms with E-state index in [-0.39, 0.29) is 5.41 Å². The molecule has 0 saturated carbocycles. The third-order valence-electron chi connectivity index (χ3n) is 12.0. The molecule has 0 bridgehead atoms. The van der Waals surface area contributed by atoms with Gasteiger partial charge in [0.05, 0.1) is 0 Å². The molecule has 1 aliphatic carbocycles. The van der Waals surface area contributed by atoms with Crippen molar-refractivity contribution < 1.29 is 0 Å². The summed E-state index contributed by atoms with van der Waals surface area (Å²) >= 11 is 0. The van der Waals surface area contributed by atoms with Crippen LogP contribution in [-0.2, 0) is 5.41 Å². The first-order valence-electron chi connectivity index (χ1n) is 19.6. The van der Waals surface area contributed by atoms with Crippen molar-refractivity contribution in [2.45, 2.75) is 60.8 Å². The van der Waals surface area contributed by atoms with Crippen LogP contribution in [0, 0.1) is 41.5 Å². The first-order valence-corrected chi connectivity index (χ1v) is 19.6. The smallest absolute Gasteiger partial charge is 0.0159 e. The van der Waals surface area contributed by atoms with Crippen molar-refractivity contribution in [3.8, 4) is 22.3 Å². The summed E-state index contributed by atoms with van der Waals surface area (Å²) in [6.07, 6.45) is 0. The molecule has 0 aromatic heterocycles. The second-order valence-corrected chi connectivity index (χ2v) is 16.0. The highest BCUT2D eigenvalue weighted by molar-refractivity contribution is 6.08. The molecule has 9 aromatic rings. The normalized spacial score (nSPS) is 12.5. The topological polar surface area (TPSA) is 0 Å². The Morgan fingerprint density at radius 3 is 1.02 bits per heavy atom. The fourth-order valence-corrected chi connectivity index (χ4v) is 8.95. The van der Waals surface area contributed by atoms with Crippen molar-refractivity contribution in [2.75, 3.05) is 0 Å². The molecule has 0 heterocycles. The number of hydrogen-bond donors (Lipinski definition) is 0. The standard InChI is InChI=1S/C22H18.C17H18.C16H14/c1-15-11-13-17-7-3-5-9-19(17)21(15)22-16(2)12-14-18-8-4-6-10-20(18)22;1-11-5-7-13-14-8-6-12(2)10-16(14)17(3,4)15(13)9-11;1-11-13-7-3-5-9-15(13)12(2)16-10-6-4-8-14(11)16/h3-14H,1-2H3;5-10H,1-4H3;3-10H,1-2H3. The summed E-state index contributed by atoms with van der Waals surface area (Å²) in [6, 6.07) is 57.2. The average molecular weight is 711 g/mol. The van der Waals surface area contributed by atoms with E-state index < -0.39 is 0 Å². The molecule has 0 N–H and O–H groups in total. The van der Waals surface area contributed by atoms with Gasteiger partial charge in [-0.15, -0.1) is 0 Å². The van der Waals surface area contributed by atoms with Crippen LogP contribution in [0.15, 0.2) is 158 Å². The zero-order valence-electron chi connectivity index (χ0n) is 33.5. The second-order valence-electron chi connectivity index (χ2n) is 16.0. The Bertz CT molecular complexity index is 2650. The van der Waals surface area contributed by atoms with E-state index in [2.05, 4.69) is 213 Å². The molecule has 0 fully saturated rings. The number of fused-ring (bicyclic) bond motifs is 7. The van der Waals surface area contributed by atoms with Crippen LogP contribution in [0.25, 0.3) is 65.3 Å². The third kappa shape index (κ3) is 6.40. The molecule has 0 spiro atoms. The first kappa shape index (κ1) is 36.0. The zero-order chi connectivity index (χ0) is 38.4. The quantitative estimate of drug-likeness (QED) is 0.149. The van der Waals surface area contributed by atoms with E-state index in [0.29, 0.717) is 0 Å². The largest absolute Gasteiger partial charge is 0.0616 e. The number of aryl methyl sites for hydroxylation is 6. The Morgan fingerprint density at radius 1 is 0.327 bits per heavy atom. The van der Waals surface area contributed by atoms with Gasteiger partial charge in [-0.3, -0.25) is 0 Å². The molecule has 0 heteroatoms. The monoisotopic (exact) mass is 710 g/mol. The number of rotatable bonds is 1. The Balaban J connectivity index is 0.000000118. The van der Waals surface area contributed by atoms with Gasteiger partial charge >= 0.3 is 0 Å². The summed E-state index contributed by atoms with van der Waals surface area (Å²) in [5.41, 5.74) is 16.8. The summed E-state index contributed by atoms with van der Waals surface area (Å²) in [5, 5.41) is 10.8. The summed E-state index contributed by atoms with van der Waals surface area (Å²) in [7, 11) is 0. The summed E-state index contributed by atoms with van der Waals surface area (Å²) < 4.78 is 0. The SMILES string of the molecule is Cc1c2ccccc2c(C)c2ccccc12.Cc1ccc2c(c1)C(C)(C)c1cc(C)ccc1-2.Cc1ccc2ccccc2c1-c1c(C)ccc2ccccc12. The van der Waals surface area contributed by atoms with Crippen LogP contribution >= 0.6 is 0 Å². The van der Waals surface area contributed by atoms with Crippen molar-refractivity contribution >= 4 is 43.1 Å². The van der Waals surface area contributed by atoms with Crippen molar-refractivity contribution in [2.24, 2.45) is 0 Å². The molecule has 270 valence electrons. The lowest BCUT2D eigenvalue weighted by Gasteiger charge is -2.22. The van der Waals surface area contributed by atoms with Crippen LogP contribution in [0.1, 0.15) is 58.4 Å². The van der Waals surface area contributed by atoms with Crippen LogP contribution < -0.4 is 0 Å². The minimum absolute atomic E-state index is 0.142. The van der Waals surface area contributed by atoms with Gasteiger partial charge in [0.2, 0.25) is 0 Å². The van der Waals surface area contributed by atoms with Crippen LogP contribution in [0.4, 0.5) is 0 Å². The maximum atomic E-state index is 2.34. The van der Waals surface area contributed by atoms with E-state index in [1.807, 2.05) is 0 Å². The molecule has 0 radical (unpaired) electrons. The van der Waals surface area contributed by atoms with Gasteiger partial charge in [-0.05, 0) is 140 Å². The van der Waals surface area contributed by atoms with Gasteiger partial charge in [0.25, 0.3) is 0 Å². The number of hydrogen-bond acceptors (Lipinski definition) is 0. The van der Waals surface area contributed by atoms with Gasteiger partial charge in [0, 0.05) is 5.41 Å². The highest BCUT2D eigenvalue weighted by atomic mass is 14.4. The zero-order valence-corrected chi connectivity index (χ0v) is 33.5. The van der Waals surface area contributed by atoms with Gasteiger partial charge in [-0.1, -0.05) is 183 Å². The van der Waals surface area contributed by atoms with Crippen LogP contribution in [0.5, 0.6) is 0 Å². The molecule has 0 unspecified atom stereocenters. The highest BCUT2D eigenvalue weighted by Crippen LogP contribution is 2.49. The van der Waals surface area contributed by atoms with Crippen molar-refractivity contribution in [1.29, 1.82) is 0 Å². The van der Waals surface area contributed by atoms with E-state index in [1.165, 1.54) is 110 Å². The van der Waals surface area contributed by atoms with Gasteiger partial charge in [0.15, 0.2) is 0 Å². The molecule has 0 atom stereocenters. The van der Waals surface area contributed by atoms with E-state index in [4.69, 9.17) is 0 Å². The molecular formula is C55H50. The van der Waals surface area contributed by atoms with Crippen LogP contribution in [0.3, 0.4) is 0 Å². The Hall–Kier alpha value is -5.98. The lowest BCUT2D eigenvalue weighted by molar-refractivity contribution is 0.659.